The molecule has 1 aliphatic rings. The molecule has 46 heavy (non-hydrogen) atoms. The van der Waals surface area contributed by atoms with Crippen LogP contribution in [0.3, 0.4) is 0 Å². The van der Waals surface area contributed by atoms with Crippen LogP contribution in [0, 0.1) is 0 Å². The third kappa shape index (κ3) is 4.17. The van der Waals surface area contributed by atoms with Crippen LogP contribution < -0.4 is 26.0 Å². The molecular weight excluding hydrogens is 581 g/mol. The Morgan fingerprint density at radius 2 is 1.00 bits per heavy atom. The number of hydrogen-bond donors (Lipinski definition) is 1. The van der Waals surface area contributed by atoms with E-state index in [-0.39, 0.29) is 0 Å². The van der Waals surface area contributed by atoms with Gasteiger partial charge in [-0.3, -0.25) is 0 Å². The molecule has 0 unspecified atom stereocenters. The van der Waals surface area contributed by atoms with Gasteiger partial charge in [-0.2, -0.15) is 0 Å². The van der Waals surface area contributed by atoms with Crippen molar-refractivity contribution in [3.05, 3.63) is 164 Å². The Morgan fingerprint density at radius 1 is 0.457 bits per heavy atom. The highest BCUT2D eigenvalue weighted by molar-refractivity contribution is 7.85. The monoisotopic (exact) mass is 609 g/mol. The quantitative estimate of drug-likeness (QED) is 0.159. The topological polar surface area (TPSA) is 38.3 Å². The number of nitrogens with one attached hydrogen (secondary N) is 1. The first-order chi connectivity index (χ1) is 22.7. The van der Waals surface area contributed by atoms with Crippen molar-refractivity contribution in [2.45, 2.75) is 0 Å². The van der Waals surface area contributed by atoms with Crippen molar-refractivity contribution < 1.29 is 9.30 Å². The lowest BCUT2D eigenvalue weighted by Crippen LogP contribution is -2.24. The lowest BCUT2D eigenvalue weighted by Gasteiger charge is -2.25. The van der Waals surface area contributed by atoms with Crippen molar-refractivity contribution in [2.24, 2.45) is 0 Å². The van der Waals surface area contributed by atoms with E-state index in [0.717, 1.165) is 71.5 Å². The van der Waals surface area contributed by atoms with Crippen LogP contribution in [0.4, 0.5) is 11.4 Å². The molecule has 1 heterocycles. The van der Waals surface area contributed by atoms with E-state index in [1.54, 1.807) is 0 Å². The third-order valence-corrected chi connectivity index (χ3v) is 12.2. The van der Waals surface area contributed by atoms with E-state index in [1.165, 1.54) is 10.8 Å². The highest BCUT2D eigenvalue weighted by Gasteiger charge is 2.30. The minimum absolute atomic E-state index is 0.799. The van der Waals surface area contributed by atoms with E-state index < -0.39 is 7.14 Å². The summed E-state index contributed by atoms with van der Waals surface area (Å²) in [5.74, 6) is 1.65. The second kappa shape index (κ2) is 10.5. The zero-order chi connectivity index (χ0) is 30.7. The molecule has 0 bridgehead atoms. The highest BCUT2D eigenvalue weighted by atomic mass is 31.2. The number of benzene rings is 8. The van der Waals surface area contributed by atoms with Crippen molar-refractivity contribution >= 4 is 66.7 Å². The molecule has 1 aliphatic heterocycles. The molecule has 0 aliphatic carbocycles. The predicted molar refractivity (Wildman–Crippen MR) is 194 cm³/mol. The standard InChI is InChI=1S/C42H28NO2P/c44-46(32-11-3-1-4-12-32,33-13-5-2-6-14-33)34-23-21-29-25-28(19-20-30(29)26-34)31-22-24-39-40(27-31)45-42-38-18-10-8-16-36(38)35-15-7-9-17-37(35)41(42)43-39/h1-27,43H. The average molecular weight is 610 g/mol. The Balaban J connectivity index is 1.11. The summed E-state index contributed by atoms with van der Waals surface area (Å²) in [5, 5.41) is 12.9. The molecule has 0 spiro atoms. The van der Waals surface area contributed by atoms with Gasteiger partial charge in [0.15, 0.2) is 18.6 Å². The summed E-state index contributed by atoms with van der Waals surface area (Å²) >= 11 is 0. The van der Waals surface area contributed by atoms with Gasteiger partial charge in [-0.05, 0) is 56.9 Å². The van der Waals surface area contributed by atoms with E-state index in [0.29, 0.717) is 0 Å². The Morgan fingerprint density at radius 3 is 1.72 bits per heavy atom. The summed E-state index contributed by atoms with van der Waals surface area (Å²) in [6.45, 7) is 0. The second-order valence-corrected chi connectivity index (χ2v) is 14.5. The van der Waals surface area contributed by atoms with Gasteiger partial charge in [0, 0.05) is 26.7 Å². The molecule has 0 fully saturated rings. The third-order valence-electron chi connectivity index (χ3n) is 9.10. The zero-order valence-corrected chi connectivity index (χ0v) is 25.7. The fraction of sp³-hybridized carbons (Fsp3) is 0. The van der Waals surface area contributed by atoms with E-state index in [2.05, 4.69) is 102 Å². The van der Waals surface area contributed by atoms with Crippen molar-refractivity contribution in [2.75, 3.05) is 5.32 Å². The molecule has 0 atom stereocenters. The molecule has 4 heteroatoms. The number of ether oxygens (including phenoxy) is 1. The SMILES string of the molecule is O=P(c1ccccc1)(c1ccccc1)c1ccc2cc(-c3ccc4c(c3)Oc3c(c5ccccc5c5ccccc35)N4)ccc2c1. The van der Waals surface area contributed by atoms with E-state index in [1.807, 2.05) is 66.7 Å². The maximum atomic E-state index is 14.9. The molecule has 1 N–H and O–H groups in total. The fourth-order valence-electron chi connectivity index (χ4n) is 6.80. The Bertz CT molecular complexity index is 2460. The van der Waals surface area contributed by atoms with Crippen LogP contribution in [0.25, 0.3) is 43.4 Å². The van der Waals surface area contributed by atoms with Gasteiger partial charge >= 0.3 is 0 Å². The van der Waals surface area contributed by atoms with Crippen molar-refractivity contribution in [3.63, 3.8) is 0 Å². The van der Waals surface area contributed by atoms with Gasteiger partial charge in [-0.1, -0.05) is 140 Å². The highest BCUT2D eigenvalue weighted by Crippen LogP contribution is 2.51. The minimum atomic E-state index is -3.05. The molecule has 0 radical (unpaired) electrons. The number of fused-ring (bicyclic) bond motifs is 8. The smallest absolute Gasteiger partial charge is 0.171 e. The zero-order valence-electron chi connectivity index (χ0n) is 24.9. The average Bonchev–Trinajstić information content (AvgIpc) is 3.14. The Kier molecular flexibility index (Phi) is 6.09. The van der Waals surface area contributed by atoms with E-state index >= 15 is 0 Å². The largest absolute Gasteiger partial charge is 0.452 e. The normalized spacial score (nSPS) is 12.3. The number of rotatable bonds is 4. The van der Waals surface area contributed by atoms with Crippen LogP contribution in [0.5, 0.6) is 11.5 Å². The molecule has 0 saturated carbocycles. The van der Waals surface area contributed by atoms with Crippen molar-refractivity contribution in [3.8, 4) is 22.6 Å². The van der Waals surface area contributed by atoms with Crippen molar-refractivity contribution in [1.82, 2.24) is 0 Å². The first kappa shape index (κ1) is 26.7. The van der Waals surface area contributed by atoms with Crippen molar-refractivity contribution in [1.29, 1.82) is 0 Å². The summed E-state index contributed by atoms with van der Waals surface area (Å²) in [4.78, 5) is 0. The lowest BCUT2D eigenvalue weighted by molar-refractivity contribution is 0.487. The summed E-state index contributed by atoms with van der Waals surface area (Å²) in [5.41, 5.74) is 4.11. The van der Waals surface area contributed by atoms with Crippen LogP contribution in [0.2, 0.25) is 0 Å². The Labute approximate surface area is 267 Å². The van der Waals surface area contributed by atoms with Crippen LogP contribution in [0.1, 0.15) is 0 Å². The molecular formula is C42H28NO2P. The molecule has 0 amide bonds. The summed E-state index contributed by atoms with van der Waals surface area (Å²) in [6.07, 6.45) is 0. The van der Waals surface area contributed by atoms with Crippen LogP contribution in [-0.2, 0) is 4.57 Å². The first-order valence-corrected chi connectivity index (χ1v) is 17.2. The summed E-state index contributed by atoms with van der Waals surface area (Å²) in [7, 11) is -3.05. The lowest BCUT2D eigenvalue weighted by atomic mass is 9.97. The van der Waals surface area contributed by atoms with Gasteiger partial charge in [0.2, 0.25) is 0 Å². The first-order valence-electron chi connectivity index (χ1n) is 15.5. The molecule has 0 saturated heterocycles. The maximum absolute atomic E-state index is 14.9. The minimum Gasteiger partial charge on any atom is -0.452 e. The maximum Gasteiger partial charge on any atom is 0.171 e. The summed E-state index contributed by atoms with van der Waals surface area (Å²) in [6, 6.07) is 55.6. The number of hydrogen-bond acceptors (Lipinski definition) is 3. The summed E-state index contributed by atoms with van der Waals surface area (Å²) < 4.78 is 21.6. The molecule has 0 aromatic heterocycles. The van der Waals surface area contributed by atoms with E-state index in [4.69, 9.17) is 4.74 Å². The molecule has 8 aromatic rings. The van der Waals surface area contributed by atoms with Crippen LogP contribution in [0.15, 0.2) is 164 Å². The van der Waals surface area contributed by atoms with Crippen LogP contribution in [-0.4, -0.2) is 0 Å². The van der Waals surface area contributed by atoms with Gasteiger partial charge in [0.1, 0.15) is 0 Å². The van der Waals surface area contributed by atoms with Gasteiger partial charge in [0.05, 0.1) is 11.4 Å². The molecule has 9 rings (SSSR count). The van der Waals surface area contributed by atoms with E-state index in [9.17, 15) is 4.57 Å². The Hall–Kier alpha value is -5.63. The second-order valence-electron chi connectivity index (χ2n) is 11.8. The molecule has 218 valence electrons. The van der Waals surface area contributed by atoms with Crippen LogP contribution >= 0.6 is 7.14 Å². The van der Waals surface area contributed by atoms with Gasteiger partial charge in [-0.25, -0.2) is 0 Å². The predicted octanol–water partition coefficient (Wildman–Crippen LogP) is 10.3. The molecule has 8 aromatic carbocycles. The van der Waals surface area contributed by atoms with Gasteiger partial charge in [0.25, 0.3) is 0 Å². The molecule has 3 nitrogen and oxygen atoms in total. The number of anilines is 2. The fourth-order valence-corrected chi connectivity index (χ4v) is 9.49. The van der Waals surface area contributed by atoms with Gasteiger partial charge in [-0.15, -0.1) is 0 Å². The van der Waals surface area contributed by atoms with Gasteiger partial charge < -0.3 is 14.6 Å².